The summed E-state index contributed by atoms with van der Waals surface area (Å²) in [4.78, 5) is 18.2. The summed E-state index contributed by atoms with van der Waals surface area (Å²) in [5.74, 6) is 0.333. The number of carbonyl (C=O) groups excluding carboxylic acids is 1. The molecule has 0 spiro atoms. The van der Waals surface area contributed by atoms with E-state index in [4.69, 9.17) is 14.5 Å². The summed E-state index contributed by atoms with van der Waals surface area (Å²) in [6.45, 7) is 2.25. The van der Waals surface area contributed by atoms with E-state index in [2.05, 4.69) is 5.32 Å². The Morgan fingerprint density at radius 1 is 1.07 bits per heavy atom. The Hall–Kier alpha value is -3.99. The highest BCUT2D eigenvalue weighted by molar-refractivity contribution is 7.89. The fourth-order valence-corrected chi connectivity index (χ4v) is 6.03. The highest BCUT2D eigenvalue weighted by Gasteiger charge is 2.31. The van der Waals surface area contributed by atoms with E-state index in [-0.39, 0.29) is 17.5 Å². The number of methoxy groups -OCH3 is 1. The lowest BCUT2D eigenvalue weighted by atomic mass is 10.2. The van der Waals surface area contributed by atoms with Crippen LogP contribution in [0.25, 0.3) is 16.9 Å². The summed E-state index contributed by atoms with van der Waals surface area (Å²) in [6.07, 6.45) is 3.16. The maximum Gasteiger partial charge on any atom is 0.243 e. The summed E-state index contributed by atoms with van der Waals surface area (Å²) in [6, 6.07) is 23.6. The quantitative estimate of drug-likeness (QED) is 0.303. The minimum absolute atomic E-state index is 0.0729. The lowest BCUT2D eigenvalue weighted by Gasteiger charge is -2.24. The summed E-state index contributed by atoms with van der Waals surface area (Å²) in [7, 11) is -2.48. The average molecular weight is 561 g/mol. The minimum Gasteiger partial charge on any atom is -0.497 e. The highest BCUT2D eigenvalue weighted by Crippen LogP contribution is 2.26. The van der Waals surface area contributed by atoms with E-state index in [0.717, 1.165) is 29.7 Å². The van der Waals surface area contributed by atoms with Crippen LogP contribution < -0.4 is 10.1 Å². The van der Waals surface area contributed by atoms with Crippen LogP contribution in [0.4, 0.5) is 5.95 Å². The van der Waals surface area contributed by atoms with Crippen LogP contribution in [0.1, 0.15) is 18.4 Å². The first-order valence-electron chi connectivity index (χ1n) is 13.1. The Kier molecular flexibility index (Phi) is 8.29. The molecule has 1 saturated heterocycles. The third-order valence-corrected chi connectivity index (χ3v) is 8.61. The second-order valence-electron chi connectivity index (χ2n) is 9.68. The van der Waals surface area contributed by atoms with Gasteiger partial charge in [-0.15, -0.1) is 0 Å². The van der Waals surface area contributed by atoms with Gasteiger partial charge in [0, 0.05) is 30.6 Å². The predicted molar refractivity (Wildman–Crippen MR) is 153 cm³/mol. The lowest BCUT2D eigenvalue weighted by molar-refractivity contribution is -0.116. The van der Waals surface area contributed by atoms with Crippen molar-refractivity contribution in [2.75, 3.05) is 32.1 Å². The van der Waals surface area contributed by atoms with Crippen molar-refractivity contribution < 1.29 is 22.7 Å². The number of sulfonamides is 1. The number of aromatic nitrogens is 2. The Morgan fingerprint density at radius 2 is 1.80 bits per heavy atom. The molecule has 1 amide bonds. The third-order valence-electron chi connectivity index (χ3n) is 6.79. The zero-order chi connectivity index (χ0) is 28.1. The van der Waals surface area contributed by atoms with Crippen LogP contribution in [-0.2, 0) is 19.6 Å². The molecule has 0 radical (unpaired) electrons. The van der Waals surface area contributed by atoms with Gasteiger partial charge in [-0.05, 0) is 56.2 Å². The summed E-state index contributed by atoms with van der Waals surface area (Å²) in [5, 5.41) is 2.86. The zero-order valence-corrected chi connectivity index (χ0v) is 23.3. The molecule has 1 aliphatic heterocycles. The molecule has 0 aliphatic carbocycles. The van der Waals surface area contributed by atoms with Crippen LogP contribution in [0, 0.1) is 6.92 Å². The number of hydrogen-bond donors (Lipinski definition) is 1. The summed E-state index contributed by atoms with van der Waals surface area (Å²) < 4.78 is 41.1. The number of aryl methyl sites for hydroxylation is 1. The van der Waals surface area contributed by atoms with Crippen LogP contribution in [0.15, 0.2) is 90.0 Å². The summed E-state index contributed by atoms with van der Waals surface area (Å²) in [5.41, 5.74) is 3.49. The number of nitrogens with one attached hydrogen (secondary N) is 1. The minimum atomic E-state index is -4.00. The van der Waals surface area contributed by atoms with Crippen LogP contribution in [0.2, 0.25) is 0 Å². The van der Waals surface area contributed by atoms with Gasteiger partial charge < -0.3 is 9.47 Å². The molecule has 1 atom stereocenters. The van der Waals surface area contributed by atoms with Crippen molar-refractivity contribution in [2.45, 2.75) is 30.8 Å². The van der Waals surface area contributed by atoms with E-state index in [1.165, 1.54) is 23.5 Å². The zero-order valence-electron chi connectivity index (χ0n) is 22.5. The molecule has 1 N–H and O–H groups in total. The third kappa shape index (κ3) is 6.25. The smallest absolute Gasteiger partial charge is 0.243 e. The van der Waals surface area contributed by atoms with Crippen molar-refractivity contribution in [3.8, 4) is 22.7 Å². The van der Waals surface area contributed by atoms with E-state index < -0.39 is 22.5 Å². The second kappa shape index (κ2) is 12.0. The van der Waals surface area contributed by atoms with Gasteiger partial charge in [-0.25, -0.2) is 13.4 Å². The maximum atomic E-state index is 13.6. The Bertz CT molecular complexity index is 1550. The van der Waals surface area contributed by atoms with Crippen LogP contribution in [0.5, 0.6) is 5.75 Å². The van der Waals surface area contributed by atoms with Crippen molar-refractivity contribution in [1.82, 2.24) is 13.9 Å². The molecule has 3 aromatic carbocycles. The van der Waals surface area contributed by atoms with Gasteiger partial charge in [0.2, 0.25) is 21.9 Å². The maximum absolute atomic E-state index is 13.6. The van der Waals surface area contributed by atoms with E-state index in [9.17, 15) is 13.2 Å². The molecular formula is C30H32N4O5S. The average Bonchev–Trinajstić information content (AvgIpc) is 3.64. The fourth-order valence-electron chi connectivity index (χ4n) is 4.60. The van der Waals surface area contributed by atoms with Gasteiger partial charge in [0.25, 0.3) is 0 Å². The second-order valence-corrected chi connectivity index (χ2v) is 11.6. The molecule has 40 heavy (non-hydrogen) atoms. The van der Waals surface area contributed by atoms with Crippen molar-refractivity contribution >= 4 is 21.9 Å². The number of ether oxygens (including phenoxy) is 2. The number of hydrogen-bond acceptors (Lipinski definition) is 6. The van der Waals surface area contributed by atoms with Crippen LogP contribution in [0.3, 0.4) is 0 Å². The van der Waals surface area contributed by atoms with Gasteiger partial charge in [-0.1, -0.05) is 48.0 Å². The molecular weight excluding hydrogens is 528 g/mol. The first kappa shape index (κ1) is 27.6. The van der Waals surface area contributed by atoms with Crippen molar-refractivity contribution in [3.63, 3.8) is 0 Å². The number of rotatable bonds is 10. The SMILES string of the molecule is COc1ccc(S(=O)(=O)N(CC(=O)Nc2nc(-c3ccccc3)cn2-c2ccc(C)cc2)C[C@@H]2CCCO2)cc1. The molecule has 1 aliphatic rings. The number of amides is 1. The van der Waals surface area contributed by atoms with E-state index in [0.29, 0.717) is 24.0 Å². The van der Waals surface area contributed by atoms with Gasteiger partial charge in [0.1, 0.15) is 5.75 Å². The monoisotopic (exact) mass is 560 g/mol. The van der Waals surface area contributed by atoms with E-state index >= 15 is 0 Å². The van der Waals surface area contributed by atoms with Gasteiger partial charge >= 0.3 is 0 Å². The van der Waals surface area contributed by atoms with Crippen molar-refractivity contribution in [3.05, 3.63) is 90.6 Å². The number of anilines is 1. The predicted octanol–water partition coefficient (Wildman–Crippen LogP) is 4.66. The molecule has 0 bridgehead atoms. The first-order valence-corrected chi connectivity index (χ1v) is 14.5. The molecule has 2 heterocycles. The van der Waals surface area contributed by atoms with E-state index in [1.807, 2.05) is 67.7 Å². The highest BCUT2D eigenvalue weighted by atomic mass is 32.2. The molecule has 10 heteroatoms. The molecule has 0 saturated carbocycles. The van der Waals surface area contributed by atoms with Crippen molar-refractivity contribution in [1.29, 1.82) is 0 Å². The molecule has 208 valence electrons. The molecule has 1 aromatic heterocycles. The Labute approximate surface area is 234 Å². The van der Waals surface area contributed by atoms with Gasteiger partial charge in [0.15, 0.2) is 0 Å². The number of benzene rings is 3. The number of nitrogens with zero attached hydrogens (tertiary/aromatic N) is 3. The first-order chi connectivity index (χ1) is 19.3. The fraction of sp³-hybridized carbons (Fsp3) is 0.267. The molecule has 4 aromatic rings. The van der Waals surface area contributed by atoms with Crippen LogP contribution in [-0.4, -0.2) is 61.1 Å². The number of carbonyl (C=O) groups is 1. The lowest BCUT2D eigenvalue weighted by Crippen LogP contribution is -2.42. The molecule has 9 nitrogen and oxygen atoms in total. The Morgan fingerprint density at radius 3 is 2.45 bits per heavy atom. The standard InChI is InChI=1S/C30H32N4O5S/c1-22-10-12-24(13-11-22)34-20-28(23-7-4-3-5-8-23)31-30(34)32-29(35)21-33(19-26-9-6-18-39-26)40(36,37)27-16-14-25(38-2)15-17-27/h3-5,7-8,10-17,20,26H,6,9,18-19,21H2,1-2H3,(H,31,32,35)/t26-/m0/s1. The summed E-state index contributed by atoms with van der Waals surface area (Å²) >= 11 is 0. The molecule has 1 fully saturated rings. The largest absolute Gasteiger partial charge is 0.497 e. The van der Waals surface area contributed by atoms with Gasteiger partial charge in [-0.2, -0.15) is 4.31 Å². The molecule has 5 rings (SSSR count). The molecule has 0 unspecified atom stereocenters. The van der Waals surface area contributed by atoms with Gasteiger partial charge in [-0.3, -0.25) is 14.7 Å². The van der Waals surface area contributed by atoms with Crippen LogP contribution >= 0.6 is 0 Å². The Balaban J connectivity index is 1.43. The topological polar surface area (TPSA) is 103 Å². The van der Waals surface area contributed by atoms with Crippen molar-refractivity contribution in [2.24, 2.45) is 0 Å². The van der Waals surface area contributed by atoms with E-state index in [1.54, 1.807) is 16.7 Å². The van der Waals surface area contributed by atoms with Gasteiger partial charge in [0.05, 0.1) is 30.3 Å². The normalized spacial score (nSPS) is 15.3. The number of imidazole rings is 1.